The molecule has 0 saturated heterocycles. The fourth-order valence-electron chi connectivity index (χ4n) is 2.13. The number of carbonyl (C=O) groups excluding carboxylic acids is 1. The first kappa shape index (κ1) is 20.5. The lowest BCUT2D eigenvalue weighted by molar-refractivity contribution is -0.133. The Labute approximate surface area is 171 Å². The lowest BCUT2D eigenvalue weighted by Crippen LogP contribution is -2.39. The van der Waals surface area contributed by atoms with E-state index in [1.165, 1.54) is 24.7 Å². The molecule has 0 fully saturated rings. The zero-order valence-corrected chi connectivity index (χ0v) is 16.2. The minimum absolute atomic E-state index is 0.00935. The van der Waals surface area contributed by atoms with Crippen molar-refractivity contribution in [2.24, 2.45) is 0 Å². The molecule has 0 unspecified atom stereocenters. The van der Waals surface area contributed by atoms with Gasteiger partial charge in [-0.3, -0.25) is 20.6 Å². The summed E-state index contributed by atoms with van der Waals surface area (Å²) >= 11 is 1.92. The van der Waals surface area contributed by atoms with Gasteiger partial charge in [0.05, 0.1) is 18.1 Å². The van der Waals surface area contributed by atoms with Gasteiger partial charge >= 0.3 is 10.7 Å². The van der Waals surface area contributed by atoms with Gasteiger partial charge in [0.25, 0.3) is 5.88 Å². The second-order valence-electron chi connectivity index (χ2n) is 5.65. The van der Waals surface area contributed by atoms with Gasteiger partial charge in [0.15, 0.2) is 11.6 Å². The van der Waals surface area contributed by atoms with Crippen molar-refractivity contribution in [2.45, 2.75) is 11.4 Å². The third kappa shape index (κ3) is 5.64. The molecule has 29 heavy (non-hydrogen) atoms. The molecule has 0 radical (unpaired) electrons. The van der Waals surface area contributed by atoms with Gasteiger partial charge in [-0.15, -0.1) is 0 Å². The first-order valence-corrected chi connectivity index (χ1v) is 8.90. The molecule has 0 bridgehead atoms. The monoisotopic (exact) mass is 467 g/mol. The van der Waals surface area contributed by atoms with Gasteiger partial charge in [0, 0.05) is 27.7 Å². The van der Waals surface area contributed by atoms with Gasteiger partial charge < -0.3 is 4.74 Å². The number of alkyl halides is 3. The molecule has 1 aromatic carbocycles. The molecule has 11 heteroatoms. The van der Waals surface area contributed by atoms with Crippen LogP contribution in [0.25, 0.3) is 11.3 Å². The van der Waals surface area contributed by atoms with Crippen molar-refractivity contribution in [3.63, 3.8) is 0 Å². The molecule has 150 valence electrons. The van der Waals surface area contributed by atoms with Crippen molar-refractivity contribution in [1.29, 1.82) is 0 Å². The molecule has 7 nitrogen and oxygen atoms in total. The average molecular weight is 468 g/mol. The van der Waals surface area contributed by atoms with E-state index in [4.69, 9.17) is 4.74 Å². The van der Waals surface area contributed by atoms with Gasteiger partial charge in [0.2, 0.25) is 0 Å². The maximum atomic E-state index is 14.3. The maximum Gasteiger partial charge on any atom is 0.379 e. The molecular weight excluding hydrogens is 455 g/mol. The Hall–Kier alpha value is -3.21. The Balaban J connectivity index is 1.63. The quantitative estimate of drug-likeness (QED) is 0.406. The zero-order chi connectivity index (χ0) is 20.9. The number of ether oxygens (including phenoxy) is 1. The van der Waals surface area contributed by atoms with E-state index in [0.29, 0.717) is 5.56 Å². The van der Waals surface area contributed by atoms with Crippen LogP contribution in [0.2, 0.25) is 0 Å². The Morgan fingerprint density at radius 1 is 1.10 bits per heavy atom. The molecule has 0 aliphatic heterocycles. The summed E-state index contributed by atoms with van der Waals surface area (Å²) in [6, 6.07) is 10.4. The van der Waals surface area contributed by atoms with Gasteiger partial charge in [-0.05, 0) is 11.6 Å². The van der Waals surface area contributed by atoms with E-state index in [1.807, 2.05) is 46.3 Å². The highest BCUT2D eigenvalue weighted by Gasteiger charge is 2.34. The van der Waals surface area contributed by atoms with Crippen molar-refractivity contribution < 1.29 is 22.7 Å². The van der Waals surface area contributed by atoms with Gasteiger partial charge in [-0.25, -0.2) is 14.4 Å². The minimum Gasteiger partial charge on any atom is -0.471 e. The van der Waals surface area contributed by atoms with E-state index in [2.05, 4.69) is 20.4 Å². The van der Waals surface area contributed by atoms with Crippen molar-refractivity contribution in [3.05, 3.63) is 66.4 Å². The topological polar surface area (TPSA) is 89.0 Å². The summed E-state index contributed by atoms with van der Waals surface area (Å²) in [6.45, 7) is 0.170. The molecule has 2 aromatic heterocycles. The number of halogens is 4. The second kappa shape index (κ2) is 8.86. The number of aromatic nitrogens is 3. The molecule has 2 heterocycles. The normalized spacial score (nSPS) is 11.0. The van der Waals surface area contributed by atoms with Crippen molar-refractivity contribution >= 4 is 27.7 Å². The molecule has 3 aromatic rings. The number of nitrogens with zero attached hydrogens (tertiary/aromatic N) is 3. The summed E-state index contributed by atoms with van der Waals surface area (Å²) in [5, 5.41) is 0. The van der Waals surface area contributed by atoms with Gasteiger partial charge in [-0.1, -0.05) is 30.3 Å². The summed E-state index contributed by atoms with van der Waals surface area (Å²) in [7, 11) is 0. The van der Waals surface area contributed by atoms with Gasteiger partial charge in [-0.2, -0.15) is 8.78 Å². The third-order valence-corrected chi connectivity index (χ3v) is 3.90. The van der Waals surface area contributed by atoms with E-state index in [1.54, 1.807) is 5.43 Å². The van der Waals surface area contributed by atoms with Crippen LogP contribution in [0, 0.1) is 5.82 Å². The Bertz CT molecular complexity index is 985. The average Bonchev–Trinajstić information content (AvgIpc) is 2.71. The fourth-order valence-corrected chi connectivity index (χ4v) is 2.23. The predicted octanol–water partition coefficient (Wildman–Crippen LogP) is 3.69. The standard InChI is InChI=1S/C18H13BrF3N5O2/c19-18(21,22)17(28)27-26-15-9-23-14(8-24-15)12-6-13(20)16(25-7-12)29-10-11-4-2-1-3-5-11/h1-9H,10H2,(H,24,26)(H,27,28). The predicted molar refractivity (Wildman–Crippen MR) is 102 cm³/mol. The van der Waals surface area contributed by atoms with Crippen LogP contribution < -0.4 is 15.6 Å². The SMILES string of the molecule is O=C(NNc1cnc(-c2cnc(OCc3ccccc3)c(F)c2)cn1)C(F)(F)Br. The number of benzene rings is 1. The second-order valence-corrected chi connectivity index (χ2v) is 6.64. The first-order valence-electron chi connectivity index (χ1n) is 8.11. The molecule has 0 atom stereocenters. The van der Waals surface area contributed by atoms with Crippen LogP contribution in [0.15, 0.2) is 55.0 Å². The highest BCUT2D eigenvalue weighted by Crippen LogP contribution is 2.23. The number of amides is 1. The third-order valence-electron chi connectivity index (χ3n) is 3.53. The summed E-state index contributed by atoms with van der Waals surface area (Å²) in [5.41, 5.74) is 5.45. The van der Waals surface area contributed by atoms with Crippen LogP contribution in [0.1, 0.15) is 5.56 Å². The van der Waals surface area contributed by atoms with Crippen LogP contribution in [0.5, 0.6) is 5.88 Å². The van der Waals surface area contributed by atoms with E-state index in [0.717, 1.165) is 5.56 Å². The number of rotatable bonds is 7. The van der Waals surface area contributed by atoms with E-state index < -0.39 is 16.6 Å². The summed E-state index contributed by atoms with van der Waals surface area (Å²) in [6.07, 6.45) is 3.81. The number of nitrogens with one attached hydrogen (secondary N) is 2. The van der Waals surface area contributed by atoms with E-state index in [9.17, 15) is 18.0 Å². The highest BCUT2D eigenvalue weighted by molar-refractivity contribution is 9.10. The van der Waals surface area contributed by atoms with Crippen LogP contribution >= 0.6 is 15.9 Å². The summed E-state index contributed by atoms with van der Waals surface area (Å²) in [4.78, 5) is 19.2. The smallest absolute Gasteiger partial charge is 0.379 e. The number of hydrogen-bond acceptors (Lipinski definition) is 6. The van der Waals surface area contributed by atoms with Crippen molar-refractivity contribution in [3.8, 4) is 17.1 Å². The molecule has 0 spiro atoms. The van der Waals surface area contributed by atoms with Gasteiger partial charge in [0.1, 0.15) is 6.61 Å². The number of pyridine rings is 1. The first-order chi connectivity index (χ1) is 13.8. The number of hydrogen-bond donors (Lipinski definition) is 2. The Morgan fingerprint density at radius 3 is 2.48 bits per heavy atom. The highest BCUT2D eigenvalue weighted by atomic mass is 79.9. The zero-order valence-electron chi connectivity index (χ0n) is 14.6. The molecule has 0 aliphatic rings. The molecule has 0 saturated carbocycles. The van der Waals surface area contributed by atoms with Crippen LogP contribution in [-0.4, -0.2) is 25.7 Å². The van der Waals surface area contributed by atoms with Crippen molar-refractivity contribution in [1.82, 2.24) is 20.4 Å². The number of hydrazine groups is 1. The van der Waals surface area contributed by atoms with Crippen LogP contribution in [0.4, 0.5) is 19.0 Å². The number of anilines is 1. The molecule has 3 rings (SSSR count). The lowest BCUT2D eigenvalue weighted by Gasteiger charge is -2.11. The summed E-state index contributed by atoms with van der Waals surface area (Å²) < 4.78 is 45.0. The Morgan fingerprint density at radius 2 is 1.86 bits per heavy atom. The van der Waals surface area contributed by atoms with Crippen LogP contribution in [-0.2, 0) is 11.4 Å². The largest absolute Gasteiger partial charge is 0.471 e. The van der Waals surface area contributed by atoms with E-state index in [-0.39, 0.29) is 24.0 Å². The fraction of sp³-hybridized carbons (Fsp3) is 0.111. The lowest BCUT2D eigenvalue weighted by atomic mass is 10.2. The number of carbonyl (C=O) groups is 1. The Kier molecular flexibility index (Phi) is 6.27. The van der Waals surface area contributed by atoms with E-state index >= 15 is 0 Å². The minimum atomic E-state index is -3.72. The molecular formula is C18H13BrF3N5O2. The van der Waals surface area contributed by atoms with Crippen LogP contribution in [0.3, 0.4) is 0 Å². The molecule has 0 aliphatic carbocycles. The molecule has 1 amide bonds. The molecule has 2 N–H and O–H groups in total. The maximum absolute atomic E-state index is 14.3. The van der Waals surface area contributed by atoms with Crippen molar-refractivity contribution in [2.75, 3.05) is 5.43 Å². The summed E-state index contributed by atoms with van der Waals surface area (Å²) in [5.74, 6) is -2.41.